The van der Waals surface area contributed by atoms with Crippen LogP contribution in [-0.2, 0) is 0 Å². The first-order valence-corrected chi connectivity index (χ1v) is 6.82. The van der Waals surface area contributed by atoms with Crippen LogP contribution < -0.4 is 10.6 Å². The van der Waals surface area contributed by atoms with E-state index >= 15 is 0 Å². The quantitative estimate of drug-likeness (QED) is 0.637. The molecule has 0 amide bonds. The highest BCUT2D eigenvalue weighted by molar-refractivity contribution is 6.36. The van der Waals surface area contributed by atoms with E-state index in [9.17, 15) is 0 Å². The SMILES string of the molecule is CC1CN(C)CCCN1c1nccc(C(=N)N)c1Cl. The molecule has 5 nitrogen and oxygen atoms in total. The summed E-state index contributed by atoms with van der Waals surface area (Å²) in [6.07, 6.45) is 2.74. The molecule has 0 spiro atoms. The maximum atomic E-state index is 7.55. The van der Waals surface area contributed by atoms with Crippen LogP contribution in [0.4, 0.5) is 5.82 Å². The van der Waals surface area contributed by atoms with Crippen molar-refractivity contribution in [1.82, 2.24) is 9.88 Å². The van der Waals surface area contributed by atoms with Gasteiger partial charge in [-0.05, 0) is 33.0 Å². The summed E-state index contributed by atoms with van der Waals surface area (Å²) in [7, 11) is 2.13. The molecule has 1 saturated heterocycles. The molecule has 1 aliphatic rings. The Kier molecular flexibility index (Phi) is 4.27. The molecule has 0 aromatic carbocycles. The lowest BCUT2D eigenvalue weighted by atomic mass is 10.2. The van der Waals surface area contributed by atoms with E-state index in [1.165, 1.54) is 0 Å². The highest BCUT2D eigenvalue weighted by Gasteiger charge is 2.23. The Morgan fingerprint density at radius 3 is 2.95 bits per heavy atom. The molecule has 1 atom stereocenters. The summed E-state index contributed by atoms with van der Waals surface area (Å²) in [6.45, 7) is 5.13. The lowest BCUT2D eigenvalue weighted by molar-refractivity contribution is 0.337. The van der Waals surface area contributed by atoms with Crippen LogP contribution in [0.2, 0.25) is 5.02 Å². The normalized spacial score (nSPS) is 21.2. The Balaban J connectivity index is 2.35. The van der Waals surface area contributed by atoms with E-state index in [1.807, 2.05) is 0 Å². The van der Waals surface area contributed by atoms with Gasteiger partial charge in [0.25, 0.3) is 0 Å². The molecule has 1 unspecified atom stereocenters. The second kappa shape index (κ2) is 5.75. The molecule has 0 saturated carbocycles. The number of rotatable bonds is 2. The topological polar surface area (TPSA) is 69.2 Å². The summed E-state index contributed by atoms with van der Waals surface area (Å²) in [5, 5.41) is 8.03. The maximum Gasteiger partial charge on any atom is 0.148 e. The van der Waals surface area contributed by atoms with Crippen molar-refractivity contribution >= 4 is 23.3 Å². The summed E-state index contributed by atoms with van der Waals surface area (Å²) in [6, 6.07) is 2.02. The van der Waals surface area contributed by atoms with Crippen LogP contribution in [0, 0.1) is 5.41 Å². The smallest absolute Gasteiger partial charge is 0.148 e. The summed E-state index contributed by atoms with van der Waals surface area (Å²) >= 11 is 6.35. The van der Waals surface area contributed by atoms with Gasteiger partial charge in [-0.1, -0.05) is 11.6 Å². The van der Waals surface area contributed by atoms with E-state index in [4.69, 9.17) is 22.7 Å². The van der Waals surface area contributed by atoms with Crippen LogP contribution in [0.25, 0.3) is 0 Å². The molecule has 3 N–H and O–H groups in total. The Morgan fingerprint density at radius 1 is 1.53 bits per heavy atom. The van der Waals surface area contributed by atoms with Crippen LogP contribution in [0.15, 0.2) is 12.3 Å². The van der Waals surface area contributed by atoms with Crippen molar-refractivity contribution in [3.05, 3.63) is 22.8 Å². The van der Waals surface area contributed by atoms with Gasteiger partial charge in [-0.3, -0.25) is 5.41 Å². The number of nitrogens with zero attached hydrogens (tertiary/aromatic N) is 3. The van der Waals surface area contributed by atoms with Crippen molar-refractivity contribution in [3.8, 4) is 0 Å². The highest BCUT2D eigenvalue weighted by atomic mass is 35.5. The highest BCUT2D eigenvalue weighted by Crippen LogP contribution is 2.29. The zero-order valence-corrected chi connectivity index (χ0v) is 12.1. The van der Waals surface area contributed by atoms with Gasteiger partial charge in [0.15, 0.2) is 0 Å². The average Bonchev–Trinajstić information content (AvgIpc) is 2.50. The number of aromatic nitrogens is 1. The van der Waals surface area contributed by atoms with E-state index in [1.54, 1.807) is 12.3 Å². The average molecular weight is 282 g/mol. The largest absolute Gasteiger partial charge is 0.384 e. The first-order valence-electron chi connectivity index (χ1n) is 6.44. The fourth-order valence-electron chi connectivity index (χ4n) is 2.53. The Hall–Kier alpha value is -1.33. The number of nitrogen functional groups attached to an aromatic ring is 1. The van der Waals surface area contributed by atoms with Gasteiger partial charge in [-0.15, -0.1) is 0 Å². The van der Waals surface area contributed by atoms with Crippen LogP contribution in [0.1, 0.15) is 18.9 Å². The van der Waals surface area contributed by atoms with Crippen molar-refractivity contribution < 1.29 is 0 Å². The molecule has 0 radical (unpaired) electrons. The van der Waals surface area contributed by atoms with Crippen molar-refractivity contribution in [2.45, 2.75) is 19.4 Å². The van der Waals surface area contributed by atoms with Crippen LogP contribution >= 0.6 is 11.6 Å². The molecule has 2 heterocycles. The lowest BCUT2D eigenvalue weighted by Gasteiger charge is -2.30. The van der Waals surface area contributed by atoms with Crippen molar-refractivity contribution in [3.63, 3.8) is 0 Å². The number of amidine groups is 1. The van der Waals surface area contributed by atoms with Crippen molar-refractivity contribution in [1.29, 1.82) is 5.41 Å². The van der Waals surface area contributed by atoms with E-state index in [0.29, 0.717) is 16.6 Å². The van der Waals surface area contributed by atoms with Crippen molar-refractivity contribution in [2.75, 3.05) is 31.6 Å². The molecule has 0 aliphatic carbocycles. The predicted octanol–water partition coefficient (Wildman–Crippen LogP) is 1.55. The van der Waals surface area contributed by atoms with Gasteiger partial charge in [0, 0.05) is 30.9 Å². The zero-order chi connectivity index (χ0) is 14.0. The molecule has 19 heavy (non-hydrogen) atoms. The van der Waals surface area contributed by atoms with Gasteiger partial charge in [-0.25, -0.2) is 4.98 Å². The Morgan fingerprint density at radius 2 is 2.26 bits per heavy atom. The van der Waals surface area contributed by atoms with Crippen LogP contribution in [0.3, 0.4) is 0 Å². The minimum Gasteiger partial charge on any atom is -0.384 e. The predicted molar refractivity (Wildman–Crippen MR) is 79.2 cm³/mol. The van der Waals surface area contributed by atoms with Gasteiger partial charge in [0.1, 0.15) is 11.7 Å². The zero-order valence-electron chi connectivity index (χ0n) is 11.4. The molecular formula is C13H20ClN5. The van der Waals surface area contributed by atoms with E-state index < -0.39 is 0 Å². The van der Waals surface area contributed by atoms with E-state index in [-0.39, 0.29) is 5.84 Å². The fraction of sp³-hybridized carbons (Fsp3) is 0.538. The lowest BCUT2D eigenvalue weighted by Crippen LogP contribution is -2.38. The number of anilines is 1. The third-order valence-corrected chi connectivity index (χ3v) is 3.85. The van der Waals surface area contributed by atoms with Crippen LogP contribution in [-0.4, -0.2) is 48.4 Å². The molecule has 1 aromatic rings. The summed E-state index contributed by atoms with van der Waals surface area (Å²) in [5.41, 5.74) is 6.10. The Labute approximate surface area is 118 Å². The van der Waals surface area contributed by atoms with Crippen LogP contribution in [0.5, 0.6) is 0 Å². The third kappa shape index (κ3) is 2.98. The van der Waals surface area contributed by atoms with Gasteiger partial charge in [-0.2, -0.15) is 0 Å². The van der Waals surface area contributed by atoms with Gasteiger partial charge < -0.3 is 15.5 Å². The standard InChI is InChI=1S/C13H20ClN5/c1-9-8-18(2)6-3-7-19(9)13-11(14)10(12(15)16)4-5-17-13/h4-5,9H,3,6-8H2,1-2H3,(H3,15,16). The second-order valence-electron chi connectivity index (χ2n) is 5.07. The maximum absolute atomic E-state index is 7.55. The number of nitrogens with one attached hydrogen (secondary N) is 1. The van der Waals surface area contributed by atoms with Gasteiger partial charge in [0.05, 0.1) is 5.02 Å². The summed E-state index contributed by atoms with van der Waals surface area (Å²) in [4.78, 5) is 8.90. The number of halogens is 1. The molecular weight excluding hydrogens is 262 g/mol. The molecule has 104 valence electrons. The number of likely N-dealkylation sites (N-methyl/N-ethyl adjacent to an activating group) is 1. The molecule has 6 heteroatoms. The molecule has 2 rings (SSSR count). The third-order valence-electron chi connectivity index (χ3n) is 3.48. The number of pyridine rings is 1. The minimum atomic E-state index is -0.0201. The Bertz CT molecular complexity index is 476. The number of nitrogens with two attached hydrogens (primary N) is 1. The van der Waals surface area contributed by atoms with Gasteiger partial charge >= 0.3 is 0 Å². The summed E-state index contributed by atoms with van der Waals surface area (Å²) < 4.78 is 0. The van der Waals surface area contributed by atoms with E-state index in [2.05, 4.69) is 28.8 Å². The summed E-state index contributed by atoms with van der Waals surface area (Å²) in [5.74, 6) is 0.713. The first-order chi connectivity index (χ1) is 9.00. The van der Waals surface area contributed by atoms with E-state index in [0.717, 1.165) is 31.9 Å². The molecule has 1 aromatic heterocycles. The van der Waals surface area contributed by atoms with Gasteiger partial charge in [0.2, 0.25) is 0 Å². The second-order valence-corrected chi connectivity index (χ2v) is 5.45. The fourth-order valence-corrected chi connectivity index (χ4v) is 2.85. The monoisotopic (exact) mass is 281 g/mol. The molecule has 1 aliphatic heterocycles. The number of hydrogen-bond acceptors (Lipinski definition) is 4. The first kappa shape index (κ1) is 14.1. The van der Waals surface area contributed by atoms with Crippen molar-refractivity contribution in [2.24, 2.45) is 5.73 Å². The number of hydrogen-bond donors (Lipinski definition) is 2. The molecule has 1 fully saturated rings. The molecule has 0 bridgehead atoms. The minimum absolute atomic E-state index is 0.0201.